The van der Waals surface area contributed by atoms with Crippen molar-refractivity contribution in [3.8, 4) is 0 Å². The van der Waals surface area contributed by atoms with Crippen molar-refractivity contribution >= 4 is 39.1 Å². The van der Waals surface area contributed by atoms with Crippen molar-refractivity contribution in [3.05, 3.63) is 22.7 Å². The van der Waals surface area contributed by atoms with Crippen molar-refractivity contribution in [2.45, 2.75) is 33.1 Å². The van der Waals surface area contributed by atoms with Crippen molar-refractivity contribution in [3.63, 3.8) is 0 Å². The second-order valence-electron chi connectivity index (χ2n) is 5.59. The third-order valence-electron chi connectivity index (χ3n) is 2.82. The van der Waals surface area contributed by atoms with E-state index in [-0.39, 0.29) is 16.2 Å². The van der Waals surface area contributed by atoms with Crippen LogP contribution in [0.5, 0.6) is 0 Å². The van der Waals surface area contributed by atoms with Crippen molar-refractivity contribution in [1.82, 2.24) is 4.98 Å². The molecule has 0 aliphatic heterocycles. The molecular formula is C14H16N2O3S. The highest BCUT2D eigenvalue weighted by Gasteiger charge is 2.22. The number of anilines is 1. The minimum Gasteiger partial charge on any atom is -0.477 e. The van der Waals surface area contributed by atoms with E-state index in [4.69, 9.17) is 0 Å². The first-order valence-corrected chi connectivity index (χ1v) is 6.96. The molecule has 0 spiro atoms. The Hall–Kier alpha value is -1.95. The summed E-state index contributed by atoms with van der Waals surface area (Å²) in [5, 5.41) is 12.5. The van der Waals surface area contributed by atoms with Gasteiger partial charge in [0.1, 0.15) is 9.71 Å². The number of pyridine rings is 1. The van der Waals surface area contributed by atoms with Crippen LogP contribution in [0.3, 0.4) is 0 Å². The first-order chi connectivity index (χ1) is 9.20. The minimum atomic E-state index is -1.06. The van der Waals surface area contributed by atoms with Gasteiger partial charge in [0.2, 0.25) is 5.91 Å². The second-order valence-corrected chi connectivity index (χ2v) is 6.59. The molecule has 0 aliphatic rings. The molecule has 2 heterocycles. The van der Waals surface area contributed by atoms with E-state index in [1.165, 1.54) is 6.92 Å². The van der Waals surface area contributed by atoms with Crippen LogP contribution in [0.15, 0.2) is 12.1 Å². The SMILES string of the molecule is CC(=O)Nc1c(C(=O)O)sc2nc(C(C)(C)C)ccc12. The third kappa shape index (κ3) is 2.65. The molecule has 0 aliphatic carbocycles. The Bertz CT molecular complexity index is 698. The first kappa shape index (κ1) is 14.5. The normalized spacial score (nSPS) is 11.6. The lowest BCUT2D eigenvalue weighted by molar-refractivity contribution is -0.114. The number of thiophene rings is 1. The molecule has 0 radical (unpaired) electrons. The predicted molar refractivity (Wildman–Crippen MR) is 79.6 cm³/mol. The molecule has 0 saturated heterocycles. The van der Waals surface area contributed by atoms with Crippen molar-refractivity contribution in [2.24, 2.45) is 0 Å². The van der Waals surface area contributed by atoms with Gasteiger partial charge < -0.3 is 10.4 Å². The molecule has 1 amide bonds. The number of carboxylic acids is 1. The minimum absolute atomic E-state index is 0.105. The number of hydrogen-bond acceptors (Lipinski definition) is 4. The smallest absolute Gasteiger partial charge is 0.348 e. The number of amides is 1. The van der Waals surface area contributed by atoms with Gasteiger partial charge in [-0.2, -0.15) is 0 Å². The summed E-state index contributed by atoms with van der Waals surface area (Å²) < 4.78 is 0. The van der Waals surface area contributed by atoms with Crippen LogP contribution in [0.4, 0.5) is 5.69 Å². The lowest BCUT2D eigenvalue weighted by Gasteiger charge is -2.17. The summed E-state index contributed by atoms with van der Waals surface area (Å²) in [6.07, 6.45) is 0. The Labute approximate surface area is 120 Å². The number of carboxylic acid groups (broad SMARTS) is 1. The number of hydrogen-bond donors (Lipinski definition) is 2. The Balaban J connectivity index is 2.68. The second kappa shape index (κ2) is 4.86. The van der Waals surface area contributed by atoms with E-state index in [0.29, 0.717) is 15.9 Å². The highest BCUT2D eigenvalue weighted by Crippen LogP contribution is 2.36. The fourth-order valence-electron chi connectivity index (χ4n) is 1.85. The zero-order valence-corrected chi connectivity index (χ0v) is 12.6. The van der Waals surface area contributed by atoms with Crippen LogP contribution in [-0.2, 0) is 10.2 Å². The van der Waals surface area contributed by atoms with Crippen LogP contribution in [0, 0.1) is 0 Å². The van der Waals surface area contributed by atoms with Gasteiger partial charge in [0.15, 0.2) is 0 Å². The van der Waals surface area contributed by atoms with Gasteiger partial charge in [-0.25, -0.2) is 9.78 Å². The Kier molecular flexibility index (Phi) is 3.52. The summed E-state index contributed by atoms with van der Waals surface area (Å²) in [5.74, 6) is -1.36. The maximum absolute atomic E-state index is 11.3. The molecule has 5 nitrogen and oxygen atoms in total. The molecule has 0 bridgehead atoms. The van der Waals surface area contributed by atoms with Crippen LogP contribution in [0.1, 0.15) is 43.1 Å². The number of nitrogens with one attached hydrogen (secondary N) is 1. The maximum Gasteiger partial charge on any atom is 0.348 e. The molecule has 0 fully saturated rings. The predicted octanol–water partition coefficient (Wildman–Crippen LogP) is 3.25. The molecule has 2 aromatic rings. The van der Waals surface area contributed by atoms with Crippen LogP contribution >= 0.6 is 11.3 Å². The molecular weight excluding hydrogens is 276 g/mol. The summed E-state index contributed by atoms with van der Waals surface area (Å²) in [5.41, 5.74) is 1.10. The summed E-state index contributed by atoms with van der Waals surface area (Å²) in [6.45, 7) is 7.48. The molecule has 2 aromatic heterocycles. The number of aromatic carboxylic acids is 1. The number of aromatic nitrogens is 1. The van der Waals surface area contributed by atoms with Crippen LogP contribution in [0.25, 0.3) is 10.2 Å². The molecule has 6 heteroatoms. The number of fused-ring (bicyclic) bond motifs is 1. The van der Waals surface area contributed by atoms with Crippen molar-refractivity contribution in [2.75, 3.05) is 5.32 Å². The zero-order valence-electron chi connectivity index (χ0n) is 11.8. The van der Waals surface area contributed by atoms with Gasteiger partial charge in [-0.15, -0.1) is 11.3 Å². The van der Waals surface area contributed by atoms with Crippen molar-refractivity contribution < 1.29 is 14.7 Å². The Morgan fingerprint density at radius 3 is 2.45 bits per heavy atom. The van der Waals surface area contributed by atoms with E-state index in [1.807, 2.05) is 32.9 Å². The van der Waals surface area contributed by atoms with E-state index in [1.54, 1.807) is 0 Å². The Morgan fingerprint density at radius 2 is 1.95 bits per heavy atom. The summed E-state index contributed by atoms with van der Waals surface area (Å²) in [7, 11) is 0. The average molecular weight is 292 g/mol. The number of carbonyl (C=O) groups excluding carboxylic acids is 1. The van der Waals surface area contributed by atoms with Gasteiger partial charge in [0, 0.05) is 23.4 Å². The largest absolute Gasteiger partial charge is 0.477 e. The highest BCUT2D eigenvalue weighted by molar-refractivity contribution is 7.21. The lowest BCUT2D eigenvalue weighted by atomic mass is 9.91. The summed E-state index contributed by atoms with van der Waals surface area (Å²) >= 11 is 1.08. The average Bonchev–Trinajstić information content (AvgIpc) is 2.65. The zero-order chi connectivity index (χ0) is 15.1. The highest BCUT2D eigenvalue weighted by atomic mass is 32.1. The lowest BCUT2D eigenvalue weighted by Crippen LogP contribution is -2.13. The van der Waals surface area contributed by atoms with Gasteiger partial charge in [0.05, 0.1) is 5.69 Å². The quantitative estimate of drug-likeness (QED) is 0.890. The van der Waals surface area contributed by atoms with E-state index in [9.17, 15) is 14.7 Å². The number of rotatable bonds is 2. The van der Waals surface area contributed by atoms with Crippen LogP contribution in [-0.4, -0.2) is 22.0 Å². The molecule has 2 N–H and O–H groups in total. The molecule has 0 unspecified atom stereocenters. The standard InChI is InChI=1S/C14H16N2O3S/c1-7(17)15-10-8-5-6-9(14(2,3)4)16-12(8)20-11(10)13(18)19/h5-6H,1-4H3,(H,15,17)(H,18,19). The number of nitrogens with zero attached hydrogens (tertiary/aromatic N) is 1. The third-order valence-corrected chi connectivity index (χ3v) is 3.91. The van der Waals surface area contributed by atoms with Crippen LogP contribution in [0.2, 0.25) is 0 Å². The first-order valence-electron chi connectivity index (χ1n) is 6.15. The molecule has 0 saturated carbocycles. The van der Waals surface area contributed by atoms with Crippen LogP contribution < -0.4 is 5.32 Å². The molecule has 0 atom stereocenters. The maximum atomic E-state index is 11.3. The van der Waals surface area contributed by atoms with Gasteiger partial charge in [-0.3, -0.25) is 4.79 Å². The van der Waals surface area contributed by atoms with E-state index in [0.717, 1.165) is 17.0 Å². The van der Waals surface area contributed by atoms with Gasteiger partial charge >= 0.3 is 5.97 Å². The monoisotopic (exact) mass is 292 g/mol. The molecule has 2 rings (SSSR count). The molecule has 106 valence electrons. The van der Waals surface area contributed by atoms with Gasteiger partial charge in [-0.05, 0) is 12.1 Å². The molecule has 0 aromatic carbocycles. The summed E-state index contributed by atoms with van der Waals surface area (Å²) in [4.78, 5) is 27.8. The van der Waals surface area contributed by atoms with Crippen molar-refractivity contribution in [1.29, 1.82) is 0 Å². The fraction of sp³-hybridized carbons (Fsp3) is 0.357. The molecule has 20 heavy (non-hydrogen) atoms. The van der Waals surface area contributed by atoms with Gasteiger partial charge in [-0.1, -0.05) is 20.8 Å². The Morgan fingerprint density at radius 1 is 1.30 bits per heavy atom. The summed E-state index contributed by atoms with van der Waals surface area (Å²) in [6, 6.07) is 3.68. The van der Waals surface area contributed by atoms with E-state index in [2.05, 4.69) is 10.3 Å². The topological polar surface area (TPSA) is 79.3 Å². The van der Waals surface area contributed by atoms with Gasteiger partial charge in [0.25, 0.3) is 0 Å². The fourth-order valence-corrected chi connectivity index (χ4v) is 2.81. The van der Waals surface area contributed by atoms with E-state index >= 15 is 0 Å². The number of carbonyl (C=O) groups is 2. The van der Waals surface area contributed by atoms with E-state index < -0.39 is 5.97 Å².